The second kappa shape index (κ2) is 8.49. The molecular formula is C22H27NO. The van der Waals surface area contributed by atoms with Crippen LogP contribution in [-0.4, -0.2) is 12.5 Å². The first-order chi connectivity index (χ1) is 11.4. The summed E-state index contributed by atoms with van der Waals surface area (Å²) in [5.41, 5.74) is 3.80. The number of hydrogen-bond acceptors (Lipinski definition) is 1. The maximum absolute atomic E-state index is 11.9. The highest BCUT2D eigenvalue weighted by atomic mass is 16.1. The van der Waals surface area contributed by atoms with Crippen molar-refractivity contribution >= 4 is 12.0 Å². The molecule has 0 aliphatic rings. The van der Waals surface area contributed by atoms with Gasteiger partial charge in [-0.1, -0.05) is 75.4 Å². The molecule has 0 saturated heterocycles. The number of rotatable bonds is 6. The molecule has 1 amide bonds. The molecule has 0 unspecified atom stereocenters. The van der Waals surface area contributed by atoms with Crippen molar-refractivity contribution in [1.82, 2.24) is 5.32 Å². The van der Waals surface area contributed by atoms with Crippen LogP contribution in [0.1, 0.15) is 43.9 Å². The van der Waals surface area contributed by atoms with Gasteiger partial charge in [-0.15, -0.1) is 0 Å². The topological polar surface area (TPSA) is 29.1 Å². The largest absolute Gasteiger partial charge is 0.353 e. The summed E-state index contributed by atoms with van der Waals surface area (Å²) in [7, 11) is 0. The third kappa shape index (κ3) is 6.04. The molecule has 0 heterocycles. The van der Waals surface area contributed by atoms with Crippen LogP contribution in [0, 0.1) is 0 Å². The lowest BCUT2D eigenvalue weighted by Gasteiger charge is -2.18. The van der Waals surface area contributed by atoms with Crippen molar-refractivity contribution < 1.29 is 4.79 Å². The summed E-state index contributed by atoms with van der Waals surface area (Å²) in [6, 6.07) is 18.7. The minimum absolute atomic E-state index is 0.0389. The van der Waals surface area contributed by atoms with E-state index in [2.05, 4.69) is 62.5 Å². The molecule has 2 rings (SSSR count). The molecule has 0 fully saturated rings. The van der Waals surface area contributed by atoms with Gasteiger partial charge in [0.05, 0.1) is 0 Å². The quantitative estimate of drug-likeness (QED) is 0.604. The zero-order chi connectivity index (χ0) is 17.4. The predicted octanol–water partition coefficient (Wildman–Crippen LogP) is 4.75. The Hall–Kier alpha value is -2.35. The number of carbonyl (C=O) groups is 1. The summed E-state index contributed by atoms with van der Waals surface area (Å²) in [6.07, 6.45) is 5.40. The average molecular weight is 321 g/mol. The minimum atomic E-state index is -0.0389. The van der Waals surface area contributed by atoms with Gasteiger partial charge in [-0.3, -0.25) is 4.79 Å². The first-order valence-electron chi connectivity index (χ1n) is 8.55. The van der Waals surface area contributed by atoms with E-state index in [0.717, 1.165) is 18.4 Å². The summed E-state index contributed by atoms with van der Waals surface area (Å²) in [5.74, 6) is -0.0389. The SMILES string of the molecule is CC(C)(C)c1ccc(/C=C/C(=O)NCCCc2ccccc2)cc1. The summed E-state index contributed by atoms with van der Waals surface area (Å²) in [5, 5.41) is 2.93. The molecule has 2 aromatic rings. The Morgan fingerprint density at radius 3 is 2.29 bits per heavy atom. The Morgan fingerprint density at radius 2 is 1.67 bits per heavy atom. The van der Waals surface area contributed by atoms with Gasteiger partial charge in [-0.25, -0.2) is 0 Å². The van der Waals surface area contributed by atoms with Crippen molar-refractivity contribution in [3.8, 4) is 0 Å². The summed E-state index contributed by atoms with van der Waals surface area (Å²) >= 11 is 0. The van der Waals surface area contributed by atoms with Gasteiger partial charge in [0.1, 0.15) is 0 Å². The predicted molar refractivity (Wildman–Crippen MR) is 102 cm³/mol. The van der Waals surface area contributed by atoms with E-state index in [-0.39, 0.29) is 11.3 Å². The highest BCUT2D eigenvalue weighted by Gasteiger charge is 2.12. The fourth-order valence-corrected chi connectivity index (χ4v) is 2.47. The van der Waals surface area contributed by atoms with Crippen LogP contribution in [0.25, 0.3) is 6.08 Å². The van der Waals surface area contributed by atoms with Gasteiger partial charge in [0, 0.05) is 12.6 Å². The van der Waals surface area contributed by atoms with Crippen LogP contribution < -0.4 is 5.32 Å². The first kappa shape index (κ1) is 18.0. The Labute approximate surface area is 145 Å². The van der Waals surface area contributed by atoms with Gasteiger partial charge < -0.3 is 5.32 Å². The molecule has 2 aromatic carbocycles. The maximum Gasteiger partial charge on any atom is 0.243 e. The van der Waals surface area contributed by atoms with Crippen LogP contribution >= 0.6 is 0 Å². The zero-order valence-electron chi connectivity index (χ0n) is 14.9. The van der Waals surface area contributed by atoms with Gasteiger partial charge in [0.2, 0.25) is 5.91 Å². The number of carbonyl (C=O) groups excluding carboxylic acids is 1. The van der Waals surface area contributed by atoms with Crippen LogP contribution in [-0.2, 0) is 16.6 Å². The van der Waals surface area contributed by atoms with Crippen LogP contribution in [0.3, 0.4) is 0 Å². The van der Waals surface area contributed by atoms with Crippen molar-refractivity contribution in [2.45, 2.75) is 39.0 Å². The first-order valence-corrected chi connectivity index (χ1v) is 8.55. The normalized spacial score (nSPS) is 11.6. The molecule has 2 nitrogen and oxygen atoms in total. The van der Waals surface area contributed by atoms with Gasteiger partial charge in [-0.05, 0) is 41.0 Å². The average Bonchev–Trinajstić information content (AvgIpc) is 2.57. The number of nitrogens with one attached hydrogen (secondary N) is 1. The van der Waals surface area contributed by atoms with Crippen molar-refractivity contribution in [2.24, 2.45) is 0 Å². The van der Waals surface area contributed by atoms with E-state index >= 15 is 0 Å². The second-order valence-corrected chi connectivity index (χ2v) is 7.09. The van der Waals surface area contributed by atoms with E-state index in [4.69, 9.17) is 0 Å². The van der Waals surface area contributed by atoms with Crippen LogP contribution in [0.2, 0.25) is 0 Å². The van der Waals surface area contributed by atoms with Crippen molar-refractivity contribution in [2.75, 3.05) is 6.54 Å². The molecular weight excluding hydrogens is 294 g/mol. The lowest BCUT2D eigenvalue weighted by molar-refractivity contribution is -0.116. The third-order valence-corrected chi connectivity index (χ3v) is 3.99. The minimum Gasteiger partial charge on any atom is -0.353 e. The number of aryl methyl sites for hydroxylation is 1. The Morgan fingerprint density at radius 1 is 1.00 bits per heavy atom. The third-order valence-electron chi connectivity index (χ3n) is 3.99. The number of hydrogen-bond donors (Lipinski definition) is 1. The van der Waals surface area contributed by atoms with Crippen molar-refractivity contribution in [3.05, 3.63) is 77.4 Å². The molecule has 0 radical (unpaired) electrons. The van der Waals surface area contributed by atoms with Crippen LogP contribution in [0.15, 0.2) is 60.7 Å². The van der Waals surface area contributed by atoms with E-state index in [1.165, 1.54) is 11.1 Å². The smallest absolute Gasteiger partial charge is 0.243 e. The van der Waals surface area contributed by atoms with Gasteiger partial charge >= 0.3 is 0 Å². The van der Waals surface area contributed by atoms with Gasteiger partial charge in [0.25, 0.3) is 0 Å². The molecule has 0 aromatic heterocycles. The number of amides is 1. The van der Waals surface area contributed by atoms with Gasteiger partial charge in [0.15, 0.2) is 0 Å². The van der Waals surface area contributed by atoms with E-state index < -0.39 is 0 Å². The Kier molecular flexibility index (Phi) is 6.36. The summed E-state index contributed by atoms with van der Waals surface area (Å²) < 4.78 is 0. The molecule has 0 saturated carbocycles. The van der Waals surface area contributed by atoms with E-state index in [1.54, 1.807) is 6.08 Å². The highest BCUT2D eigenvalue weighted by molar-refractivity contribution is 5.91. The molecule has 0 spiro atoms. The van der Waals surface area contributed by atoms with Crippen molar-refractivity contribution in [3.63, 3.8) is 0 Å². The maximum atomic E-state index is 11.9. The lowest BCUT2D eigenvalue weighted by atomic mass is 9.87. The summed E-state index contributed by atoms with van der Waals surface area (Å²) in [4.78, 5) is 11.9. The fraction of sp³-hybridized carbons (Fsp3) is 0.318. The molecule has 0 aliphatic heterocycles. The standard InChI is InChI=1S/C22H27NO/c1-22(2,3)20-14-11-19(12-15-20)13-16-21(24)23-17-7-10-18-8-5-4-6-9-18/h4-6,8-9,11-16H,7,10,17H2,1-3H3,(H,23,24)/b16-13+. The van der Waals surface area contributed by atoms with Crippen LogP contribution in [0.4, 0.5) is 0 Å². The molecule has 2 heteroatoms. The van der Waals surface area contributed by atoms with E-state index in [0.29, 0.717) is 6.54 Å². The molecule has 0 atom stereocenters. The molecule has 0 bridgehead atoms. The summed E-state index contributed by atoms with van der Waals surface area (Å²) in [6.45, 7) is 7.28. The van der Waals surface area contributed by atoms with E-state index in [1.807, 2.05) is 24.3 Å². The number of benzene rings is 2. The molecule has 0 aliphatic carbocycles. The Balaban J connectivity index is 1.74. The lowest BCUT2D eigenvalue weighted by Crippen LogP contribution is -2.22. The second-order valence-electron chi connectivity index (χ2n) is 7.09. The van der Waals surface area contributed by atoms with E-state index in [9.17, 15) is 4.79 Å². The highest BCUT2D eigenvalue weighted by Crippen LogP contribution is 2.22. The van der Waals surface area contributed by atoms with Crippen molar-refractivity contribution in [1.29, 1.82) is 0 Å². The Bertz CT molecular complexity index is 663. The van der Waals surface area contributed by atoms with Gasteiger partial charge in [-0.2, -0.15) is 0 Å². The fourth-order valence-electron chi connectivity index (χ4n) is 2.47. The molecule has 1 N–H and O–H groups in total. The monoisotopic (exact) mass is 321 g/mol. The molecule has 126 valence electrons. The zero-order valence-corrected chi connectivity index (χ0v) is 14.9. The molecule has 24 heavy (non-hydrogen) atoms. The van der Waals surface area contributed by atoms with Crippen LogP contribution in [0.5, 0.6) is 0 Å².